The van der Waals surface area contributed by atoms with Gasteiger partial charge in [0, 0.05) is 6.07 Å². The zero-order valence-corrected chi connectivity index (χ0v) is 7.62. The van der Waals surface area contributed by atoms with Gasteiger partial charge in [-0.2, -0.15) is 0 Å². The Kier molecular flexibility index (Phi) is 3.42. The maximum atomic E-state index is 10.3. The van der Waals surface area contributed by atoms with E-state index in [2.05, 4.69) is 5.32 Å². The number of phenolic OH excluding ortho intramolecular Hbond substituents is 1. The number of phenols is 1. The lowest BCUT2D eigenvalue weighted by Crippen LogP contribution is -2.18. The van der Waals surface area contributed by atoms with Crippen LogP contribution in [0.15, 0.2) is 18.2 Å². The van der Waals surface area contributed by atoms with Crippen LogP contribution < -0.4 is 5.32 Å². The van der Waals surface area contributed by atoms with Gasteiger partial charge in [-0.25, -0.2) is 0 Å². The number of anilines is 1. The number of nitro benzene ring substituents is 1. The van der Waals surface area contributed by atoms with Crippen LogP contribution in [-0.2, 0) is 0 Å². The molecule has 7 nitrogen and oxygen atoms in total. The topological polar surface area (TPSA) is 116 Å². The monoisotopic (exact) mass is 214 g/mol. The molecule has 82 valence electrons. The number of aliphatic hydroxyl groups is 2. The minimum atomic E-state index is -1.56. The summed E-state index contributed by atoms with van der Waals surface area (Å²) in [7, 11) is 0. The smallest absolute Gasteiger partial charge is 0.273 e. The third-order valence-electron chi connectivity index (χ3n) is 1.67. The van der Waals surface area contributed by atoms with E-state index in [1.54, 1.807) is 0 Å². The van der Waals surface area contributed by atoms with Gasteiger partial charge in [-0.3, -0.25) is 10.1 Å². The molecule has 0 radical (unpaired) electrons. The summed E-state index contributed by atoms with van der Waals surface area (Å²) in [5.74, 6) is -0.315. The molecule has 1 aromatic carbocycles. The van der Waals surface area contributed by atoms with Gasteiger partial charge < -0.3 is 20.6 Å². The number of hydrogen-bond acceptors (Lipinski definition) is 6. The average Bonchev–Trinajstić information content (AvgIpc) is 2.15. The van der Waals surface area contributed by atoms with E-state index in [1.165, 1.54) is 12.1 Å². The summed E-state index contributed by atoms with van der Waals surface area (Å²) in [6.45, 7) is -0.175. The molecule has 0 amide bonds. The van der Waals surface area contributed by atoms with Gasteiger partial charge in [-0.15, -0.1) is 0 Å². The Morgan fingerprint density at radius 3 is 2.60 bits per heavy atom. The van der Waals surface area contributed by atoms with Gasteiger partial charge in [0.05, 0.1) is 23.2 Å². The molecule has 0 spiro atoms. The Morgan fingerprint density at radius 2 is 2.13 bits per heavy atom. The molecule has 0 fully saturated rings. The lowest BCUT2D eigenvalue weighted by Gasteiger charge is -2.08. The number of hydrogen-bond donors (Lipinski definition) is 4. The molecule has 1 rings (SSSR count). The van der Waals surface area contributed by atoms with Crippen molar-refractivity contribution in [2.75, 3.05) is 11.9 Å². The van der Waals surface area contributed by atoms with Crippen molar-refractivity contribution in [2.45, 2.75) is 6.29 Å². The summed E-state index contributed by atoms with van der Waals surface area (Å²) in [6, 6.07) is 3.47. The van der Waals surface area contributed by atoms with Crippen molar-refractivity contribution < 1.29 is 20.2 Å². The molecule has 4 N–H and O–H groups in total. The predicted octanol–water partition coefficient (Wildman–Crippen LogP) is 0.0230. The van der Waals surface area contributed by atoms with Gasteiger partial charge in [0.2, 0.25) is 0 Å². The molecular formula is C8H10N2O5. The molecule has 15 heavy (non-hydrogen) atoms. The van der Waals surface area contributed by atoms with Crippen molar-refractivity contribution >= 4 is 11.4 Å². The lowest BCUT2D eigenvalue weighted by molar-refractivity contribution is -0.384. The van der Waals surface area contributed by atoms with Gasteiger partial charge in [0.15, 0.2) is 6.29 Å². The van der Waals surface area contributed by atoms with Crippen LogP contribution in [0.2, 0.25) is 0 Å². The van der Waals surface area contributed by atoms with Crippen molar-refractivity contribution in [1.82, 2.24) is 0 Å². The first-order valence-electron chi connectivity index (χ1n) is 4.08. The second-order valence-corrected chi connectivity index (χ2v) is 2.82. The highest BCUT2D eigenvalue weighted by atomic mass is 16.6. The highest BCUT2D eigenvalue weighted by Gasteiger charge is 2.10. The van der Waals surface area contributed by atoms with Crippen molar-refractivity contribution in [2.24, 2.45) is 0 Å². The number of aliphatic hydroxyl groups excluding tert-OH is 1. The minimum absolute atomic E-state index is 0.175. The van der Waals surface area contributed by atoms with E-state index in [0.717, 1.165) is 6.07 Å². The van der Waals surface area contributed by atoms with Crippen LogP contribution in [-0.4, -0.2) is 33.1 Å². The first-order chi connectivity index (χ1) is 7.00. The Bertz CT molecular complexity index is 366. The normalized spacial score (nSPS) is 10.3. The average molecular weight is 214 g/mol. The maximum Gasteiger partial charge on any atom is 0.273 e. The van der Waals surface area contributed by atoms with Crippen LogP contribution in [0, 0.1) is 10.1 Å². The number of nitrogens with zero attached hydrogens (tertiary/aromatic N) is 1. The van der Waals surface area contributed by atoms with E-state index in [4.69, 9.17) is 10.2 Å². The van der Waals surface area contributed by atoms with E-state index in [9.17, 15) is 15.2 Å². The standard InChI is InChI=1S/C8H10N2O5/c11-7-3-5(10(14)15)1-2-6(7)9-4-8(12)13/h1-3,8-9,11-13H,4H2. The van der Waals surface area contributed by atoms with Gasteiger partial charge in [0.1, 0.15) is 5.75 Å². The third kappa shape index (κ3) is 3.08. The summed E-state index contributed by atoms with van der Waals surface area (Å²) < 4.78 is 0. The first-order valence-corrected chi connectivity index (χ1v) is 4.08. The molecule has 0 bridgehead atoms. The quantitative estimate of drug-likeness (QED) is 0.243. The first kappa shape index (κ1) is 11.2. The zero-order valence-electron chi connectivity index (χ0n) is 7.62. The molecule has 7 heteroatoms. The Hall–Kier alpha value is -1.86. The Morgan fingerprint density at radius 1 is 1.47 bits per heavy atom. The fourth-order valence-electron chi connectivity index (χ4n) is 0.984. The van der Waals surface area contributed by atoms with Gasteiger partial charge in [0.25, 0.3) is 5.69 Å². The summed E-state index contributed by atoms with van der Waals surface area (Å²) >= 11 is 0. The van der Waals surface area contributed by atoms with Crippen molar-refractivity contribution in [3.8, 4) is 5.75 Å². The predicted molar refractivity (Wildman–Crippen MR) is 51.5 cm³/mol. The van der Waals surface area contributed by atoms with Crippen LogP contribution in [0.3, 0.4) is 0 Å². The summed E-state index contributed by atoms with van der Waals surface area (Å²) in [5.41, 5.74) is -0.0312. The minimum Gasteiger partial charge on any atom is -0.506 e. The molecule has 0 unspecified atom stereocenters. The number of nitro groups is 1. The van der Waals surface area contributed by atoms with E-state index in [-0.39, 0.29) is 23.7 Å². The molecule has 0 aliphatic carbocycles. The molecule has 0 saturated heterocycles. The second-order valence-electron chi connectivity index (χ2n) is 2.82. The van der Waals surface area contributed by atoms with Crippen LogP contribution in [0.5, 0.6) is 5.75 Å². The van der Waals surface area contributed by atoms with E-state index >= 15 is 0 Å². The van der Waals surface area contributed by atoms with E-state index < -0.39 is 11.2 Å². The number of non-ortho nitro benzene ring substituents is 1. The lowest BCUT2D eigenvalue weighted by atomic mass is 10.2. The number of benzene rings is 1. The summed E-state index contributed by atoms with van der Waals surface area (Å²) in [4.78, 5) is 9.69. The van der Waals surface area contributed by atoms with Crippen LogP contribution in [0.4, 0.5) is 11.4 Å². The molecule has 0 aliphatic rings. The van der Waals surface area contributed by atoms with Gasteiger partial charge >= 0.3 is 0 Å². The molecule has 0 heterocycles. The van der Waals surface area contributed by atoms with Crippen molar-refractivity contribution in [1.29, 1.82) is 0 Å². The van der Waals surface area contributed by atoms with Crippen LogP contribution in [0.25, 0.3) is 0 Å². The molecule has 0 saturated carbocycles. The van der Waals surface area contributed by atoms with Crippen LogP contribution >= 0.6 is 0 Å². The van der Waals surface area contributed by atoms with E-state index in [0.29, 0.717) is 0 Å². The SMILES string of the molecule is O=[N+]([O-])c1ccc(NCC(O)O)c(O)c1. The number of nitrogens with one attached hydrogen (secondary N) is 1. The van der Waals surface area contributed by atoms with Crippen molar-refractivity contribution in [3.63, 3.8) is 0 Å². The fourth-order valence-corrected chi connectivity index (χ4v) is 0.984. The highest BCUT2D eigenvalue weighted by molar-refractivity contribution is 5.59. The van der Waals surface area contributed by atoms with Crippen molar-refractivity contribution in [3.05, 3.63) is 28.3 Å². The number of rotatable bonds is 4. The fraction of sp³-hybridized carbons (Fsp3) is 0.250. The maximum absolute atomic E-state index is 10.3. The van der Waals surface area contributed by atoms with Gasteiger partial charge in [-0.1, -0.05) is 0 Å². The zero-order chi connectivity index (χ0) is 11.4. The molecular weight excluding hydrogens is 204 g/mol. The second kappa shape index (κ2) is 4.58. The van der Waals surface area contributed by atoms with E-state index in [1.807, 2.05) is 0 Å². The molecule has 0 aliphatic heterocycles. The molecule has 0 atom stereocenters. The highest BCUT2D eigenvalue weighted by Crippen LogP contribution is 2.27. The number of aromatic hydroxyl groups is 1. The van der Waals surface area contributed by atoms with Crippen LogP contribution in [0.1, 0.15) is 0 Å². The largest absolute Gasteiger partial charge is 0.506 e. The Labute approximate surface area is 84.7 Å². The molecule has 0 aromatic heterocycles. The Balaban J connectivity index is 2.79. The van der Waals surface area contributed by atoms with Gasteiger partial charge in [-0.05, 0) is 6.07 Å². The summed E-state index contributed by atoms with van der Waals surface area (Å²) in [5, 5.41) is 39.3. The molecule has 1 aromatic rings. The summed E-state index contributed by atoms with van der Waals surface area (Å²) in [6.07, 6.45) is -1.56. The third-order valence-corrected chi connectivity index (χ3v) is 1.67.